The third kappa shape index (κ3) is 3.34. The Balaban J connectivity index is 1.25. The van der Waals surface area contributed by atoms with Crippen LogP contribution in [0.5, 0.6) is 0 Å². The molecule has 162 valence electrons. The van der Waals surface area contributed by atoms with Gasteiger partial charge in [-0.2, -0.15) is 9.19 Å². The molecule has 0 aliphatic carbocycles. The Morgan fingerprint density at radius 3 is 2.63 bits per heavy atom. The van der Waals surface area contributed by atoms with Gasteiger partial charge in [0.25, 0.3) is 10.0 Å². The van der Waals surface area contributed by atoms with Gasteiger partial charge in [-0.05, 0) is 24.6 Å². The molecule has 0 unspecified atom stereocenters. The standard InChI is InChI=1S/C19H22F2N4O4S/c20-12-1-2-16(21)15(3-12)19-17(22)4-13(8-29-19)24-5-11-6-25(23-18(11)7-24)30(26,27)14-9-28-10-14/h1-3,6,13-14,17,19H,4-5,7-10,22H2/t13-,17+,19-/m1/s1. The summed E-state index contributed by atoms with van der Waals surface area (Å²) in [5.41, 5.74) is 7.95. The topological polar surface area (TPSA) is 99.7 Å². The van der Waals surface area contributed by atoms with Crippen molar-refractivity contribution in [3.63, 3.8) is 0 Å². The van der Waals surface area contributed by atoms with Crippen LogP contribution in [0.15, 0.2) is 24.4 Å². The lowest BCUT2D eigenvalue weighted by atomic mass is 9.93. The number of nitrogens with zero attached hydrogens (tertiary/aromatic N) is 3. The summed E-state index contributed by atoms with van der Waals surface area (Å²) in [6.45, 7) is 1.73. The largest absolute Gasteiger partial charge is 0.378 e. The molecule has 1 aromatic heterocycles. The minimum absolute atomic E-state index is 0.0211. The summed E-state index contributed by atoms with van der Waals surface area (Å²) in [5, 5.41) is 3.74. The first-order valence-electron chi connectivity index (χ1n) is 9.78. The number of ether oxygens (including phenoxy) is 2. The Hall–Kier alpha value is -1.92. The Morgan fingerprint density at radius 1 is 1.17 bits per heavy atom. The number of halogens is 2. The summed E-state index contributed by atoms with van der Waals surface area (Å²) in [6, 6.07) is 2.75. The second kappa shape index (κ2) is 7.34. The predicted octanol–water partition coefficient (Wildman–Crippen LogP) is 0.911. The molecular formula is C19H22F2N4O4S. The Bertz CT molecular complexity index is 1050. The molecular weight excluding hydrogens is 418 g/mol. The van der Waals surface area contributed by atoms with E-state index in [9.17, 15) is 17.2 Å². The molecule has 3 atom stereocenters. The third-order valence-corrected chi connectivity index (χ3v) is 7.88. The Morgan fingerprint density at radius 2 is 1.97 bits per heavy atom. The van der Waals surface area contributed by atoms with Gasteiger partial charge in [-0.15, -0.1) is 0 Å². The number of rotatable bonds is 4. The quantitative estimate of drug-likeness (QED) is 0.754. The van der Waals surface area contributed by atoms with Gasteiger partial charge in [0.2, 0.25) is 0 Å². The maximum Gasteiger partial charge on any atom is 0.261 e. The van der Waals surface area contributed by atoms with Crippen LogP contribution >= 0.6 is 0 Å². The van der Waals surface area contributed by atoms with Crippen LogP contribution < -0.4 is 5.73 Å². The molecule has 11 heteroatoms. The molecule has 2 saturated heterocycles. The van der Waals surface area contributed by atoms with Crippen molar-refractivity contribution >= 4 is 10.0 Å². The fourth-order valence-corrected chi connectivity index (χ4v) is 5.56. The molecule has 3 aliphatic heterocycles. The van der Waals surface area contributed by atoms with Gasteiger partial charge in [-0.3, -0.25) is 4.90 Å². The SMILES string of the molecule is N[C@H]1C[C@@H](N2Cc3cn(S(=O)(=O)C4COC4)nc3C2)CO[C@@H]1c1cc(F)ccc1F. The maximum absolute atomic E-state index is 14.1. The summed E-state index contributed by atoms with van der Waals surface area (Å²) in [7, 11) is -3.53. The molecule has 8 nitrogen and oxygen atoms in total. The van der Waals surface area contributed by atoms with Crippen LogP contribution in [0.1, 0.15) is 29.3 Å². The van der Waals surface area contributed by atoms with Crippen molar-refractivity contribution in [3.05, 3.63) is 52.9 Å². The van der Waals surface area contributed by atoms with Gasteiger partial charge in [0.15, 0.2) is 0 Å². The molecule has 0 bridgehead atoms. The number of aromatic nitrogens is 2. The van der Waals surface area contributed by atoms with Gasteiger partial charge < -0.3 is 15.2 Å². The normalized spacial score (nSPS) is 27.8. The van der Waals surface area contributed by atoms with Crippen LogP contribution in [0.2, 0.25) is 0 Å². The molecule has 5 rings (SSSR count). The molecule has 2 N–H and O–H groups in total. The molecule has 0 spiro atoms. The number of nitrogens with two attached hydrogens (primary N) is 1. The van der Waals surface area contributed by atoms with Gasteiger partial charge in [0, 0.05) is 42.5 Å². The number of hydrogen-bond donors (Lipinski definition) is 1. The van der Waals surface area contributed by atoms with Crippen LogP contribution in [0, 0.1) is 11.6 Å². The first kappa shape index (κ1) is 20.0. The lowest BCUT2D eigenvalue weighted by Crippen LogP contribution is -2.48. The molecule has 0 amide bonds. The molecule has 2 fully saturated rings. The molecule has 30 heavy (non-hydrogen) atoms. The van der Waals surface area contributed by atoms with Crippen LogP contribution in [0.4, 0.5) is 8.78 Å². The number of fused-ring (bicyclic) bond motifs is 1. The Kier molecular flexibility index (Phi) is 4.90. The minimum atomic E-state index is -3.53. The number of hydrogen-bond acceptors (Lipinski definition) is 7. The van der Waals surface area contributed by atoms with Crippen LogP contribution in [-0.2, 0) is 32.6 Å². The fourth-order valence-electron chi connectivity index (χ4n) is 4.23. The van der Waals surface area contributed by atoms with E-state index >= 15 is 0 Å². The van der Waals surface area contributed by atoms with Crippen LogP contribution in [0.3, 0.4) is 0 Å². The van der Waals surface area contributed by atoms with E-state index in [4.69, 9.17) is 15.2 Å². The second-order valence-corrected chi connectivity index (χ2v) is 10.1. The molecule has 3 aliphatic rings. The van der Waals surface area contributed by atoms with Crippen molar-refractivity contribution in [2.24, 2.45) is 5.73 Å². The van der Waals surface area contributed by atoms with E-state index in [2.05, 4.69) is 10.00 Å². The highest BCUT2D eigenvalue weighted by Crippen LogP contribution is 2.34. The van der Waals surface area contributed by atoms with Gasteiger partial charge >= 0.3 is 0 Å². The van der Waals surface area contributed by atoms with Crippen molar-refractivity contribution in [2.75, 3.05) is 19.8 Å². The summed E-state index contributed by atoms with van der Waals surface area (Å²) in [5.74, 6) is -1.07. The highest BCUT2D eigenvalue weighted by Gasteiger charge is 2.39. The summed E-state index contributed by atoms with van der Waals surface area (Å²) in [4.78, 5) is 2.12. The van der Waals surface area contributed by atoms with E-state index in [0.717, 1.165) is 27.8 Å². The van der Waals surface area contributed by atoms with Crippen LogP contribution in [0.25, 0.3) is 0 Å². The highest BCUT2D eigenvalue weighted by molar-refractivity contribution is 7.90. The van der Waals surface area contributed by atoms with E-state index in [1.807, 2.05) is 0 Å². The summed E-state index contributed by atoms with van der Waals surface area (Å²) >= 11 is 0. The zero-order valence-corrected chi connectivity index (χ0v) is 16.9. The van der Waals surface area contributed by atoms with E-state index < -0.39 is 39.1 Å². The molecule has 0 radical (unpaired) electrons. The molecule has 2 aromatic rings. The number of benzene rings is 1. The van der Waals surface area contributed by atoms with Crippen molar-refractivity contribution < 1.29 is 26.7 Å². The zero-order valence-electron chi connectivity index (χ0n) is 16.1. The first-order chi connectivity index (χ1) is 14.3. The van der Waals surface area contributed by atoms with Crippen molar-refractivity contribution in [2.45, 2.75) is 42.9 Å². The summed E-state index contributed by atoms with van der Waals surface area (Å²) in [6.07, 6.45) is 1.40. The maximum atomic E-state index is 14.1. The lowest BCUT2D eigenvalue weighted by Gasteiger charge is -2.38. The fraction of sp³-hybridized carbons (Fsp3) is 0.526. The average Bonchev–Trinajstić information content (AvgIpc) is 3.22. The van der Waals surface area contributed by atoms with Crippen LogP contribution in [-0.4, -0.2) is 59.7 Å². The predicted molar refractivity (Wildman–Crippen MR) is 102 cm³/mol. The Labute approximate surface area is 172 Å². The molecule has 1 aromatic carbocycles. The van der Waals surface area contributed by atoms with Crippen molar-refractivity contribution in [1.82, 2.24) is 14.1 Å². The molecule has 0 saturated carbocycles. The minimum Gasteiger partial charge on any atom is -0.378 e. The lowest BCUT2D eigenvalue weighted by molar-refractivity contribution is -0.0533. The van der Waals surface area contributed by atoms with E-state index in [-0.39, 0.29) is 24.8 Å². The molecule has 4 heterocycles. The van der Waals surface area contributed by atoms with Crippen molar-refractivity contribution in [3.8, 4) is 0 Å². The first-order valence-corrected chi connectivity index (χ1v) is 11.3. The van der Waals surface area contributed by atoms with Gasteiger partial charge in [-0.25, -0.2) is 17.2 Å². The smallest absolute Gasteiger partial charge is 0.261 e. The van der Waals surface area contributed by atoms with E-state index in [1.54, 1.807) is 6.20 Å². The van der Waals surface area contributed by atoms with E-state index in [1.165, 1.54) is 0 Å². The van der Waals surface area contributed by atoms with Gasteiger partial charge in [-0.1, -0.05) is 0 Å². The highest BCUT2D eigenvalue weighted by atomic mass is 32.2. The third-order valence-electron chi connectivity index (χ3n) is 6.05. The van der Waals surface area contributed by atoms with Crippen molar-refractivity contribution in [1.29, 1.82) is 0 Å². The van der Waals surface area contributed by atoms with Gasteiger partial charge in [0.05, 0.1) is 25.5 Å². The zero-order chi connectivity index (χ0) is 21.0. The monoisotopic (exact) mass is 440 g/mol. The second-order valence-electron chi connectivity index (χ2n) is 8.06. The van der Waals surface area contributed by atoms with E-state index in [0.29, 0.717) is 31.8 Å². The summed E-state index contributed by atoms with van der Waals surface area (Å²) < 4.78 is 64.5. The average molecular weight is 440 g/mol. The van der Waals surface area contributed by atoms with Gasteiger partial charge in [0.1, 0.15) is 23.0 Å².